The van der Waals surface area contributed by atoms with Crippen LogP contribution in [0.25, 0.3) is 0 Å². The number of rotatable bonds is 7. The van der Waals surface area contributed by atoms with Gasteiger partial charge in [0.25, 0.3) is 0 Å². The van der Waals surface area contributed by atoms with Gasteiger partial charge in [-0.1, -0.05) is 0 Å². The highest BCUT2D eigenvalue weighted by Gasteiger charge is 2.31. The summed E-state index contributed by atoms with van der Waals surface area (Å²) in [5.41, 5.74) is 1.24. The molecule has 0 aliphatic carbocycles. The van der Waals surface area contributed by atoms with Crippen LogP contribution in [0, 0.1) is 19.8 Å². The summed E-state index contributed by atoms with van der Waals surface area (Å²) in [6, 6.07) is 2.77. The smallest absolute Gasteiger partial charge is 0.224 e. The third-order valence-electron chi connectivity index (χ3n) is 6.10. The number of hydrogen-bond acceptors (Lipinski definition) is 5. The number of methoxy groups -OCH3 is 1. The Morgan fingerprint density at radius 3 is 2.70 bits per heavy atom. The minimum atomic E-state index is 0.128. The number of hydrogen-bond donors (Lipinski definition) is 1. The van der Waals surface area contributed by atoms with Gasteiger partial charge in [0.1, 0.15) is 11.5 Å². The standard InChI is InChI=1S/C21H35N3O3/c1-16-13-20(27-17(16)2)15-23-10-6-19(7-11-23)24-9-4-5-18(14-24)21(25)22-8-12-26-3/h13,18-19H,4-12,14-15H2,1-3H3,(H,22,25)/t18-/m1/s1. The van der Waals surface area contributed by atoms with Crippen molar-refractivity contribution in [1.29, 1.82) is 0 Å². The molecule has 27 heavy (non-hydrogen) atoms. The maximum Gasteiger partial charge on any atom is 0.224 e. The van der Waals surface area contributed by atoms with Crippen molar-refractivity contribution in [2.45, 2.75) is 52.1 Å². The molecular formula is C21H35N3O3. The van der Waals surface area contributed by atoms with Gasteiger partial charge in [0, 0.05) is 39.3 Å². The summed E-state index contributed by atoms with van der Waals surface area (Å²) < 4.78 is 10.9. The average Bonchev–Trinajstić information content (AvgIpc) is 2.99. The van der Waals surface area contributed by atoms with Crippen LogP contribution in [0.1, 0.15) is 42.8 Å². The van der Waals surface area contributed by atoms with Gasteiger partial charge in [-0.25, -0.2) is 0 Å². The lowest BCUT2D eigenvalue weighted by atomic mass is 9.93. The number of amides is 1. The molecular weight excluding hydrogens is 342 g/mol. The molecule has 2 fully saturated rings. The first-order valence-electron chi connectivity index (χ1n) is 10.4. The van der Waals surface area contributed by atoms with Crippen molar-refractivity contribution in [3.05, 3.63) is 23.2 Å². The van der Waals surface area contributed by atoms with E-state index in [9.17, 15) is 4.79 Å². The van der Waals surface area contributed by atoms with Crippen LogP contribution in [0.4, 0.5) is 0 Å². The molecule has 0 unspecified atom stereocenters. The first kappa shape index (κ1) is 20.4. The fourth-order valence-electron chi connectivity index (χ4n) is 4.36. The Labute approximate surface area is 163 Å². The van der Waals surface area contributed by atoms with Crippen molar-refractivity contribution >= 4 is 5.91 Å². The van der Waals surface area contributed by atoms with E-state index in [1.54, 1.807) is 7.11 Å². The summed E-state index contributed by atoms with van der Waals surface area (Å²) in [4.78, 5) is 17.4. The van der Waals surface area contributed by atoms with Gasteiger partial charge in [-0.15, -0.1) is 0 Å². The molecule has 152 valence electrons. The second-order valence-electron chi connectivity index (χ2n) is 8.08. The highest BCUT2D eigenvalue weighted by Crippen LogP contribution is 2.25. The van der Waals surface area contributed by atoms with Gasteiger partial charge in [0.2, 0.25) is 5.91 Å². The molecule has 0 saturated carbocycles. The normalized spacial score (nSPS) is 22.9. The summed E-state index contributed by atoms with van der Waals surface area (Å²) in [5.74, 6) is 2.43. The SMILES string of the molecule is COCCNC(=O)[C@@H]1CCCN(C2CCN(Cc3cc(C)c(C)o3)CC2)C1. The van der Waals surface area contributed by atoms with Gasteiger partial charge in [-0.2, -0.15) is 0 Å². The van der Waals surface area contributed by atoms with Crippen LogP contribution in [0.5, 0.6) is 0 Å². The molecule has 1 aromatic rings. The lowest BCUT2D eigenvalue weighted by Gasteiger charge is -2.41. The maximum atomic E-state index is 12.4. The van der Waals surface area contributed by atoms with E-state index in [1.165, 1.54) is 18.4 Å². The number of nitrogens with zero attached hydrogens (tertiary/aromatic N) is 2. The van der Waals surface area contributed by atoms with Gasteiger partial charge in [-0.3, -0.25) is 14.6 Å². The molecule has 6 nitrogen and oxygen atoms in total. The van der Waals surface area contributed by atoms with E-state index in [1.807, 2.05) is 6.92 Å². The fourth-order valence-corrected chi connectivity index (χ4v) is 4.36. The Hall–Kier alpha value is -1.37. The highest BCUT2D eigenvalue weighted by molar-refractivity contribution is 5.78. The molecule has 0 bridgehead atoms. The number of nitrogens with one attached hydrogen (secondary N) is 1. The number of ether oxygens (including phenoxy) is 1. The van der Waals surface area contributed by atoms with Crippen LogP contribution in [-0.2, 0) is 16.1 Å². The molecule has 0 spiro atoms. The first-order valence-corrected chi connectivity index (χ1v) is 10.4. The summed E-state index contributed by atoms with van der Waals surface area (Å²) in [6.45, 7) is 10.5. The zero-order valence-electron chi connectivity index (χ0n) is 17.1. The zero-order valence-corrected chi connectivity index (χ0v) is 17.1. The molecule has 2 aliphatic heterocycles. The van der Waals surface area contributed by atoms with E-state index in [2.05, 4.69) is 28.1 Å². The Kier molecular flexibility index (Phi) is 7.33. The molecule has 2 aliphatic rings. The zero-order chi connectivity index (χ0) is 19.2. The molecule has 0 aromatic carbocycles. The minimum Gasteiger partial charge on any atom is -0.465 e. The monoisotopic (exact) mass is 377 g/mol. The van der Waals surface area contributed by atoms with Crippen molar-refractivity contribution in [3.8, 4) is 0 Å². The number of carbonyl (C=O) groups excluding carboxylic acids is 1. The fraction of sp³-hybridized carbons (Fsp3) is 0.762. The molecule has 1 aromatic heterocycles. The Morgan fingerprint density at radius 2 is 2.04 bits per heavy atom. The Balaban J connectivity index is 1.43. The maximum absolute atomic E-state index is 12.4. The molecule has 2 saturated heterocycles. The van der Waals surface area contributed by atoms with Crippen LogP contribution in [-0.4, -0.2) is 68.2 Å². The van der Waals surface area contributed by atoms with Crippen LogP contribution in [0.3, 0.4) is 0 Å². The summed E-state index contributed by atoms with van der Waals surface area (Å²) in [6.07, 6.45) is 4.48. The van der Waals surface area contributed by atoms with Gasteiger partial charge >= 0.3 is 0 Å². The predicted octanol–water partition coefficient (Wildman–Crippen LogP) is 2.34. The Bertz CT molecular complexity index is 588. The number of aryl methyl sites for hydroxylation is 2. The quantitative estimate of drug-likeness (QED) is 0.739. The second kappa shape index (κ2) is 9.71. The molecule has 1 N–H and O–H groups in total. The van der Waals surface area contributed by atoms with Gasteiger partial charge in [0.05, 0.1) is 19.1 Å². The van der Waals surface area contributed by atoms with Crippen molar-refractivity contribution < 1.29 is 13.9 Å². The van der Waals surface area contributed by atoms with Crippen molar-refractivity contribution in [3.63, 3.8) is 0 Å². The summed E-state index contributed by atoms with van der Waals surface area (Å²) >= 11 is 0. The van der Waals surface area contributed by atoms with Crippen molar-refractivity contribution in [2.75, 3.05) is 46.4 Å². The lowest BCUT2D eigenvalue weighted by molar-refractivity contribution is -0.127. The first-order chi connectivity index (χ1) is 13.1. The minimum absolute atomic E-state index is 0.128. The second-order valence-corrected chi connectivity index (χ2v) is 8.08. The van der Waals surface area contributed by atoms with Crippen LogP contribution in [0.15, 0.2) is 10.5 Å². The van der Waals surface area contributed by atoms with Crippen LogP contribution in [0.2, 0.25) is 0 Å². The van der Waals surface area contributed by atoms with E-state index >= 15 is 0 Å². The number of carbonyl (C=O) groups is 1. The molecule has 1 amide bonds. The molecule has 3 heterocycles. The third kappa shape index (κ3) is 5.56. The molecule has 0 radical (unpaired) electrons. The van der Waals surface area contributed by atoms with Gasteiger partial charge < -0.3 is 14.5 Å². The highest BCUT2D eigenvalue weighted by atomic mass is 16.5. The van der Waals surface area contributed by atoms with E-state index in [4.69, 9.17) is 9.15 Å². The third-order valence-corrected chi connectivity index (χ3v) is 6.10. The Morgan fingerprint density at radius 1 is 1.26 bits per heavy atom. The van der Waals surface area contributed by atoms with Crippen molar-refractivity contribution in [1.82, 2.24) is 15.1 Å². The predicted molar refractivity (Wildman–Crippen MR) is 106 cm³/mol. The topological polar surface area (TPSA) is 58.0 Å². The number of furan rings is 1. The molecule has 3 rings (SSSR count). The largest absolute Gasteiger partial charge is 0.465 e. The van der Waals surface area contributed by atoms with Gasteiger partial charge in [0.15, 0.2) is 0 Å². The van der Waals surface area contributed by atoms with Crippen LogP contribution >= 0.6 is 0 Å². The van der Waals surface area contributed by atoms with Crippen LogP contribution < -0.4 is 5.32 Å². The van der Waals surface area contributed by atoms with Gasteiger partial charge in [-0.05, 0) is 57.7 Å². The van der Waals surface area contributed by atoms with E-state index in [0.717, 1.165) is 57.1 Å². The summed E-state index contributed by atoms with van der Waals surface area (Å²) in [5, 5.41) is 3.01. The summed E-state index contributed by atoms with van der Waals surface area (Å²) in [7, 11) is 1.66. The number of likely N-dealkylation sites (tertiary alicyclic amines) is 2. The van der Waals surface area contributed by atoms with E-state index in [-0.39, 0.29) is 11.8 Å². The van der Waals surface area contributed by atoms with E-state index < -0.39 is 0 Å². The molecule has 6 heteroatoms. The van der Waals surface area contributed by atoms with Crippen molar-refractivity contribution in [2.24, 2.45) is 5.92 Å². The lowest BCUT2D eigenvalue weighted by Crippen LogP contribution is -2.50. The van der Waals surface area contributed by atoms with E-state index in [0.29, 0.717) is 19.2 Å². The number of piperidine rings is 2. The average molecular weight is 378 g/mol. The molecule has 1 atom stereocenters.